The molecule has 1 aliphatic heterocycles. The lowest BCUT2D eigenvalue weighted by Gasteiger charge is -2.44. The first-order chi connectivity index (χ1) is 8.70. The van der Waals surface area contributed by atoms with Crippen LogP contribution in [-0.2, 0) is 11.8 Å². The monoisotopic (exact) mass is 264 g/mol. The Balaban J connectivity index is 1.98. The predicted molar refractivity (Wildman–Crippen MR) is 76.4 cm³/mol. The fraction of sp³-hybridized carbons (Fsp3) is 0.600. The van der Waals surface area contributed by atoms with Crippen LogP contribution in [0.4, 0.5) is 0 Å². The first-order valence-corrected chi connectivity index (χ1v) is 7.31. The van der Waals surface area contributed by atoms with Gasteiger partial charge in [-0.05, 0) is 42.5 Å². The molecular formula is C15H21ClN2. The van der Waals surface area contributed by atoms with E-state index in [0.717, 1.165) is 24.7 Å². The summed E-state index contributed by atoms with van der Waals surface area (Å²) in [5, 5.41) is 8.07. The van der Waals surface area contributed by atoms with Crippen LogP contribution >= 0.6 is 11.6 Å². The van der Waals surface area contributed by atoms with Crippen LogP contribution in [-0.4, -0.2) is 25.7 Å². The number of rotatable bonds is 1. The van der Waals surface area contributed by atoms with Crippen LogP contribution in [0.15, 0.2) is 18.2 Å². The third kappa shape index (κ3) is 2.07. The zero-order valence-corrected chi connectivity index (χ0v) is 11.7. The highest BCUT2D eigenvalue weighted by molar-refractivity contribution is 6.30. The fourth-order valence-corrected chi connectivity index (χ4v) is 3.77. The lowest BCUT2D eigenvalue weighted by Crippen LogP contribution is -2.58. The molecule has 0 radical (unpaired) electrons. The molecule has 2 N–H and O–H groups in total. The van der Waals surface area contributed by atoms with E-state index in [-0.39, 0.29) is 5.41 Å². The molecule has 1 fully saturated rings. The van der Waals surface area contributed by atoms with Crippen LogP contribution < -0.4 is 10.6 Å². The van der Waals surface area contributed by atoms with E-state index in [1.165, 1.54) is 30.4 Å². The average Bonchev–Trinajstić information content (AvgIpc) is 2.40. The molecule has 2 atom stereocenters. The van der Waals surface area contributed by atoms with E-state index in [1.54, 1.807) is 0 Å². The van der Waals surface area contributed by atoms with E-state index in [0.29, 0.717) is 6.04 Å². The highest BCUT2D eigenvalue weighted by Crippen LogP contribution is 2.40. The standard InChI is InChI=1S/C15H21ClN2/c1-15(14-10-17-7-8-18-14)6-2-3-11-9-12(16)4-5-13(11)15/h4-5,9,14,17-18H,2-3,6-8,10H2,1H3. The number of halogens is 1. The molecule has 3 rings (SSSR count). The van der Waals surface area contributed by atoms with Crippen molar-refractivity contribution in [2.75, 3.05) is 19.6 Å². The molecule has 1 heterocycles. The highest BCUT2D eigenvalue weighted by Gasteiger charge is 2.39. The zero-order valence-electron chi connectivity index (χ0n) is 10.9. The van der Waals surface area contributed by atoms with Crippen molar-refractivity contribution in [3.8, 4) is 0 Å². The number of aryl methyl sites for hydroxylation is 1. The summed E-state index contributed by atoms with van der Waals surface area (Å²) in [5.41, 5.74) is 3.19. The van der Waals surface area contributed by atoms with Crippen molar-refractivity contribution in [2.45, 2.75) is 37.6 Å². The molecule has 98 valence electrons. The predicted octanol–water partition coefficient (Wildman–Crippen LogP) is 2.50. The molecule has 0 saturated carbocycles. The van der Waals surface area contributed by atoms with Crippen molar-refractivity contribution >= 4 is 11.6 Å². The minimum atomic E-state index is 0.242. The van der Waals surface area contributed by atoms with Gasteiger partial charge in [0.25, 0.3) is 0 Å². The smallest absolute Gasteiger partial charge is 0.0408 e. The number of fused-ring (bicyclic) bond motifs is 1. The molecule has 2 aliphatic rings. The largest absolute Gasteiger partial charge is 0.314 e. The minimum absolute atomic E-state index is 0.242. The average molecular weight is 265 g/mol. The molecule has 0 amide bonds. The molecule has 2 unspecified atom stereocenters. The minimum Gasteiger partial charge on any atom is -0.314 e. The molecule has 0 spiro atoms. The van der Waals surface area contributed by atoms with Crippen LogP contribution in [0, 0.1) is 0 Å². The van der Waals surface area contributed by atoms with E-state index < -0.39 is 0 Å². The second kappa shape index (κ2) is 4.84. The van der Waals surface area contributed by atoms with E-state index in [4.69, 9.17) is 11.6 Å². The Morgan fingerprint density at radius 2 is 2.22 bits per heavy atom. The molecule has 1 aromatic rings. The third-order valence-corrected chi connectivity index (χ3v) is 4.87. The number of hydrogen-bond donors (Lipinski definition) is 2. The Hall–Kier alpha value is -0.570. The summed E-state index contributed by atoms with van der Waals surface area (Å²) in [6, 6.07) is 6.98. The Kier molecular flexibility index (Phi) is 3.35. The summed E-state index contributed by atoms with van der Waals surface area (Å²) in [6.07, 6.45) is 3.70. The Morgan fingerprint density at radius 1 is 1.33 bits per heavy atom. The Bertz CT molecular complexity index is 440. The summed E-state index contributed by atoms with van der Waals surface area (Å²) < 4.78 is 0. The van der Waals surface area contributed by atoms with Gasteiger partial charge in [0.2, 0.25) is 0 Å². The summed E-state index contributed by atoms with van der Waals surface area (Å²) in [6.45, 7) is 5.63. The highest BCUT2D eigenvalue weighted by atomic mass is 35.5. The van der Waals surface area contributed by atoms with Crippen molar-refractivity contribution < 1.29 is 0 Å². The SMILES string of the molecule is CC1(C2CNCCN2)CCCc2cc(Cl)ccc21. The van der Waals surface area contributed by atoms with Crippen LogP contribution in [0.5, 0.6) is 0 Å². The van der Waals surface area contributed by atoms with Gasteiger partial charge in [-0.2, -0.15) is 0 Å². The Morgan fingerprint density at radius 3 is 3.00 bits per heavy atom. The zero-order chi connectivity index (χ0) is 12.6. The molecular weight excluding hydrogens is 244 g/mol. The van der Waals surface area contributed by atoms with Crippen molar-refractivity contribution in [1.29, 1.82) is 0 Å². The van der Waals surface area contributed by atoms with Crippen molar-refractivity contribution in [1.82, 2.24) is 10.6 Å². The maximum absolute atomic E-state index is 6.13. The van der Waals surface area contributed by atoms with Crippen molar-refractivity contribution in [2.24, 2.45) is 0 Å². The van der Waals surface area contributed by atoms with Crippen molar-refractivity contribution in [3.63, 3.8) is 0 Å². The molecule has 1 saturated heterocycles. The maximum atomic E-state index is 6.13. The molecule has 18 heavy (non-hydrogen) atoms. The first kappa shape index (κ1) is 12.5. The first-order valence-electron chi connectivity index (χ1n) is 6.93. The number of piperazine rings is 1. The van der Waals surface area contributed by atoms with Crippen LogP contribution in [0.2, 0.25) is 5.02 Å². The molecule has 2 nitrogen and oxygen atoms in total. The lowest BCUT2D eigenvalue weighted by atomic mass is 9.66. The van der Waals surface area contributed by atoms with Crippen LogP contribution in [0.3, 0.4) is 0 Å². The lowest BCUT2D eigenvalue weighted by molar-refractivity contribution is 0.248. The number of nitrogens with one attached hydrogen (secondary N) is 2. The second-order valence-corrected chi connectivity index (χ2v) is 6.22. The summed E-state index contributed by atoms with van der Waals surface area (Å²) in [4.78, 5) is 0. The molecule has 1 aromatic carbocycles. The molecule has 1 aliphatic carbocycles. The summed E-state index contributed by atoms with van der Waals surface area (Å²) in [7, 11) is 0. The van der Waals surface area contributed by atoms with Gasteiger partial charge in [0, 0.05) is 36.1 Å². The van der Waals surface area contributed by atoms with Gasteiger partial charge in [-0.25, -0.2) is 0 Å². The van der Waals surface area contributed by atoms with E-state index in [9.17, 15) is 0 Å². The van der Waals surface area contributed by atoms with Gasteiger partial charge >= 0.3 is 0 Å². The topological polar surface area (TPSA) is 24.1 Å². The number of benzene rings is 1. The van der Waals surface area contributed by atoms with E-state index in [2.05, 4.69) is 29.7 Å². The van der Waals surface area contributed by atoms with Gasteiger partial charge in [0.05, 0.1) is 0 Å². The molecule has 3 heteroatoms. The van der Waals surface area contributed by atoms with Crippen LogP contribution in [0.1, 0.15) is 30.9 Å². The normalized spacial score (nSPS) is 32.0. The molecule has 0 aromatic heterocycles. The van der Waals surface area contributed by atoms with Gasteiger partial charge < -0.3 is 10.6 Å². The Labute approximate surface area is 114 Å². The quantitative estimate of drug-likeness (QED) is 0.815. The summed E-state index contributed by atoms with van der Waals surface area (Å²) in [5.74, 6) is 0. The fourth-order valence-electron chi connectivity index (χ4n) is 3.57. The van der Waals surface area contributed by atoms with Crippen LogP contribution in [0.25, 0.3) is 0 Å². The second-order valence-electron chi connectivity index (χ2n) is 5.78. The van der Waals surface area contributed by atoms with Gasteiger partial charge in [-0.3, -0.25) is 0 Å². The van der Waals surface area contributed by atoms with Gasteiger partial charge in [-0.15, -0.1) is 0 Å². The van der Waals surface area contributed by atoms with Gasteiger partial charge in [0.15, 0.2) is 0 Å². The maximum Gasteiger partial charge on any atom is 0.0408 e. The van der Waals surface area contributed by atoms with Gasteiger partial charge in [0.1, 0.15) is 0 Å². The van der Waals surface area contributed by atoms with E-state index >= 15 is 0 Å². The van der Waals surface area contributed by atoms with Crippen molar-refractivity contribution in [3.05, 3.63) is 34.3 Å². The van der Waals surface area contributed by atoms with E-state index in [1.807, 2.05) is 6.07 Å². The summed E-state index contributed by atoms with van der Waals surface area (Å²) >= 11 is 6.13. The third-order valence-electron chi connectivity index (χ3n) is 4.63. The van der Waals surface area contributed by atoms with Gasteiger partial charge in [-0.1, -0.05) is 24.6 Å². The molecule has 0 bridgehead atoms. The number of hydrogen-bond acceptors (Lipinski definition) is 2.